The maximum Gasteiger partial charge on any atom is 0.221 e. The highest BCUT2D eigenvalue weighted by atomic mass is 16.1. The quantitative estimate of drug-likeness (QED) is 0.883. The van der Waals surface area contributed by atoms with E-state index < -0.39 is 0 Å². The van der Waals surface area contributed by atoms with E-state index in [1.165, 1.54) is 24.9 Å². The van der Waals surface area contributed by atoms with Gasteiger partial charge in [-0.3, -0.25) is 9.69 Å². The minimum atomic E-state index is -0.00432. The summed E-state index contributed by atoms with van der Waals surface area (Å²) in [6, 6.07) is 8.12. The molecule has 4 nitrogen and oxygen atoms in total. The zero-order valence-corrected chi connectivity index (χ0v) is 12.1. The minimum Gasteiger partial charge on any atom is -0.326 e. The molecule has 2 aliphatic rings. The van der Waals surface area contributed by atoms with Gasteiger partial charge in [0.2, 0.25) is 5.91 Å². The number of nitrogens with one attached hydrogen (secondary N) is 2. The molecule has 1 amide bonds. The summed E-state index contributed by atoms with van der Waals surface area (Å²) in [4.78, 5) is 13.8. The van der Waals surface area contributed by atoms with Gasteiger partial charge in [-0.25, -0.2) is 0 Å². The first kappa shape index (κ1) is 13.6. The Labute approximate surface area is 120 Å². The summed E-state index contributed by atoms with van der Waals surface area (Å²) in [6.07, 6.45) is 2.60. The highest BCUT2D eigenvalue weighted by molar-refractivity contribution is 5.89. The first-order chi connectivity index (χ1) is 9.67. The number of anilines is 1. The summed E-state index contributed by atoms with van der Waals surface area (Å²) >= 11 is 0. The molecule has 108 valence electrons. The maximum atomic E-state index is 11.3. The molecule has 0 aromatic heterocycles. The fourth-order valence-corrected chi connectivity index (χ4v) is 3.52. The van der Waals surface area contributed by atoms with Crippen LogP contribution in [0.25, 0.3) is 0 Å². The number of nitrogens with zero attached hydrogens (tertiary/aromatic N) is 1. The summed E-state index contributed by atoms with van der Waals surface area (Å²) < 4.78 is 0. The molecule has 1 atom stereocenters. The second-order valence-electron chi connectivity index (χ2n) is 6.23. The molecule has 0 saturated carbocycles. The standard InChI is InChI=1S/C16H23N3O/c1-13(20)18-15-5-3-2-4-14(15)10-19-9-7-16(12-19)6-8-17-11-16/h2-5,17H,6-12H2,1H3,(H,18,20). The molecular formula is C16H23N3O. The molecule has 3 rings (SSSR count). The van der Waals surface area contributed by atoms with Crippen molar-refractivity contribution in [2.45, 2.75) is 26.3 Å². The van der Waals surface area contributed by atoms with Gasteiger partial charge in [0.1, 0.15) is 0 Å². The molecule has 1 spiro atoms. The lowest BCUT2D eigenvalue weighted by Gasteiger charge is -2.23. The minimum absolute atomic E-state index is 0.00432. The molecule has 2 saturated heterocycles. The van der Waals surface area contributed by atoms with Crippen molar-refractivity contribution in [1.82, 2.24) is 10.2 Å². The van der Waals surface area contributed by atoms with Crippen molar-refractivity contribution in [2.75, 3.05) is 31.5 Å². The molecule has 1 aromatic carbocycles. The summed E-state index contributed by atoms with van der Waals surface area (Å²) in [5, 5.41) is 6.42. The molecule has 2 aliphatic heterocycles. The van der Waals surface area contributed by atoms with E-state index in [1.807, 2.05) is 18.2 Å². The summed E-state index contributed by atoms with van der Waals surface area (Å²) in [6.45, 7) is 7.15. The number of benzene rings is 1. The molecular weight excluding hydrogens is 250 g/mol. The lowest BCUT2D eigenvalue weighted by Crippen LogP contribution is -2.29. The van der Waals surface area contributed by atoms with Crippen molar-refractivity contribution < 1.29 is 4.79 Å². The van der Waals surface area contributed by atoms with Gasteiger partial charge in [-0.1, -0.05) is 18.2 Å². The lowest BCUT2D eigenvalue weighted by atomic mass is 9.86. The van der Waals surface area contributed by atoms with Crippen molar-refractivity contribution in [3.63, 3.8) is 0 Å². The van der Waals surface area contributed by atoms with E-state index in [4.69, 9.17) is 0 Å². The number of likely N-dealkylation sites (tertiary alicyclic amines) is 1. The van der Waals surface area contributed by atoms with Crippen molar-refractivity contribution in [2.24, 2.45) is 5.41 Å². The molecule has 1 unspecified atom stereocenters. The molecule has 0 radical (unpaired) electrons. The number of rotatable bonds is 3. The Morgan fingerprint density at radius 1 is 1.40 bits per heavy atom. The number of carbonyl (C=O) groups is 1. The van der Waals surface area contributed by atoms with Gasteiger partial charge in [0.15, 0.2) is 0 Å². The Bertz CT molecular complexity index is 494. The first-order valence-corrected chi connectivity index (χ1v) is 7.46. The Kier molecular flexibility index (Phi) is 3.76. The summed E-state index contributed by atoms with van der Waals surface area (Å²) in [5.74, 6) is -0.00432. The van der Waals surface area contributed by atoms with Crippen LogP contribution < -0.4 is 10.6 Å². The third-order valence-electron chi connectivity index (χ3n) is 4.57. The smallest absolute Gasteiger partial charge is 0.221 e. The van der Waals surface area contributed by atoms with Crippen molar-refractivity contribution in [1.29, 1.82) is 0 Å². The van der Waals surface area contributed by atoms with Crippen LogP contribution in [-0.4, -0.2) is 37.0 Å². The zero-order chi connectivity index (χ0) is 14.0. The topological polar surface area (TPSA) is 44.4 Å². The van der Waals surface area contributed by atoms with Gasteiger partial charge >= 0.3 is 0 Å². The van der Waals surface area contributed by atoms with E-state index >= 15 is 0 Å². The van der Waals surface area contributed by atoms with Crippen LogP contribution >= 0.6 is 0 Å². The van der Waals surface area contributed by atoms with E-state index in [2.05, 4.69) is 21.6 Å². The predicted octanol–water partition coefficient (Wildman–Crippen LogP) is 1.83. The monoisotopic (exact) mass is 273 g/mol. The van der Waals surface area contributed by atoms with Crippen LogP contribution in [0.2, 0.25) is 0 Å². The summed E-state index contributed by atoms with van der Waals surface area (Å²) in [5.41, 5.74) is 2.67. The van der Waals surface area contributed by atoms with Crippen LogP contribution in [0.4, 0.5) is 5.69 Å². The molecule has 2 N–H and O–H groups in total. The molecule has 4 heteroatoms. The Morgan fingerprint density at radius 2 is 2.25 bits per heavy atom. The number of hydrogen-bond acceptors (Lipinski definition) is 3. The van der Waals surface area contributed by atoms with E-state index in [-0.39, 0.29) is 5.91 Å². The number of carbonyl (C=O) groups excluding carboxylic acids is 1. The SMILES string of the molecule is CC(=O)Nc1ccccc1CN1CCC2(CCNC2)C1. The number of hydrogen-bond donors (Lipinski definition) is 2. The average Bonchev–Trinajstić information content (AvgIpc) is 3.02. The predicted molar refractivity (Wildman–Crippen MR) is 80.6 cm³/mol. The van der Waals surface area contributed by atoms with E-state index in [0.29, 0.717) is 5.41 Å². The van der Waals surface area contributed by atoms with E-state index in [1.54, 1.807) is 6.92 Å². The van der Waals surface area contributed by atoms with E-state index in [0.717, 1.165) is 31.9 Å². The van der Waals surface area contributed by atoms with Crippen molar-refractivity contribution in [3.05, 3.63) is 29.8 Å². The molecule has 2 fully saturated rings. The molecule has 2 heterocycles. The Morgan fingerprint density at radius 3 is 3.00 bits per heavy atom. The van der Waals surface area contributed by atoms with Crippen molar-refractivity contribution >= 4 is 11.6 Å². The maximum absolute atomic E-state index is 11.3. The second-order valence-corrected chi connectivity index (χ2v) is 6.23. The van der Waals surface area contributed by atoms with Crippen LogP contribution in [0.3, 0.4) is 0 Å². The van der Waals surface area contributed by atoms with Gasteiger partial charge in [0.05, 0.1) is 0 Å². The first-order valence-electron chi connectivity index (χ1n) is 7.46. The van der Waals surface area contributed by atoms with Gasteiger partial charge < -0.3 is 10.6 Å². The fourth-order valence-electron chi connectivity index (χ4n) is 3.52. The largest absolute Gasteiger partial charge is 0.326 e. The van der Waals surface area contributed by atoms with Gasteiger partial charge in [-0.15, -0.1) is 0 Å². The van der Waals surface area contributed by atoms with Crippen LogP contribution in [0.1, 0.15) is 25.3 Å². The summed E-state index contributed by atoms with van der Waals surface area (Å²) in [7, 11) is 0. The normalized spacial score (nSPS) is 26.2. The number of amides is 1. The second kappa shape index (κ2) is 5.54. The molecule has 20 heavy (non-hydrogen) atoms. The molecule has 0 bridgehead atoms. The third-order valence-corrected chi connectivity index (χ3v) is 4.57. The Hall–Kier alpha value is -1.39. The van der Waals surface area contributed by atoms with Gasteiger partial charge in [0.25, 0.3) is 0 Å². The zero-order valence-electron chi connectivity index (χ0n) is 12.1. The van der Waals surface area contributed by atoms with Crippen LogP contribution in [0, 0.1) is 5.41 Å². The van der Waals surface area contributed by atoms with Gasteiger partial charge in [-0.2, -0.15) is 0 Å². The highest BCUT2D eigenvalue weighted by Crippen LogP contribution is 2.36. The number of para-hydroxylation sites is 1. The lowest BCUT2D eigenvalue weighted by molar-refractivity contribution is -0.114. The third kappa shape index (κ3) is 2.86. The van der Waals surface area contributed by atoms with Gasteiger partial charge in [0, 0.05) is 32.2 Å². The fraction of sp³-hybridized carbons (Fsp3) is 0.562. The molecule has 0 aliphatic carbocycles. The van der Waals surface area contributed by atoms with Gasteiger partial charge in [-0.05, 0) is 43.0 Å². The highest BCUT2D eigenvalue weighted by Gasteiger charge is 2.40. The van der Waals surface area contributed by atoms with E-state index in [9.17, 15) is 4.79 Å². The molecule has 1 aromatic rings. The van der Waals surface area contributed by atoms with Crippen molar-refractivity contribution in [3.8, 4) is 0 Å². The average molecular weight is 273 g/mol. The Balaban J connectivity index is 1.68. The van der Waals surface area contributed by atoms with Crippen LogP contribution in [-0.2, 0) is 11.3 Å². The van der Waals surface area contributed by atoms with Crippen LogP contribution in [0.5, 0.6) is 0 Å². The van der Waals surface area contributed by atoms with Crippen LogP contribution in [0.15, 0.2) is 24.3 Å².